The molecule has 2 N–H and O–H groups in total. The first-order chi connectivity index (χ1) is 8.47. The summed E-state index contributed by atoms with van der Waals surface area (Å²) in [5.74, 6) is -0.416. The molecule has 0 spiro atoms. The van der Waals surface area contributed by atoms with Gasteiger partial charge in [-0.15, -0.1) is 0 Å². The smallest absolute Gasteiger partial charge is 0.286 e. The molecule has 0 fully saturated rings. The van der Waals surface area contributed by atoms with Gasteiger partial charge in [0.15, 0.2) is 5.17 Å². The van der Waals surface area contributed by atoms with Gasteiger partial charge in [0.2, 0.25) is 0 Å². The van der Waals surface area contributed by atoms with Crippen LogP contribution in [0.2, 0.25) is 0 Å². The molecule has 1 aromatic rings. The second-order valence-electron chi connectivity index (χ2n) is 3.67. The van der Waals surface area contributed by atoms with Crippen molar-refractivity contribution in [1.29, 1.82) is 0 Å². The van der Waals surface area contributed by atoms with E-state index < -0.39 is 10.8 Å². The van der Waals surface area contributed by atoms with Crippen molar-refractivity contribution in [1.82, 2.24) is 0 Å². The van der Waals surface area contributed by atoms with E-state index in [9.17, 15) is 14.9 Å². The molecule has 1 aliphatic rings. The van der Waals surface area contributed by atoms with E-state index in [0.717, 1.165) is 11.8 Å². The van der Waals surface area contributed by atoms with Crippen molar-refractivity contribution in [3.8, 4) is 0 Å². The zero-order chi connectivity index (χ0) is 13.3. The van der Waals surface area contributed by atoms with Crippen molar-refractivity contribution in [2.24, 2.45) is 10.7 Å². The number of rotatable bonds is 2. The number of hydrogen-bond acceptors (Lipinski definition) is 5. The minimum atomic E-state index is -0.453. The van der Waals surface area contributed by atoms with E-state index in [0.29, 0.717) is 16.0 Å². The lowest BCUT2D eigenvalue weighted by Gasteiger charge is -1.99. The number of aliphatic imine (C=N–C) groups is 1. The molecule has 0 saturated heterocycles. The number of carbonyl (C=O) groups excluding carboxylic acids is 1. The van der Waals surface area contributed by atoms with Gasteiger partial charge < -0.3 is 5.73 Å². The summed E-state index contributed by atoms with van der Waals surface area (Å²) in [6.45, 7) is 1.66. The summed E-state index contributed by atoms with van der Waals surface area (Å²) in [7, 11) is 0. The summed E-state index contributed by atoms with van der Waals surface area (Å²) in [4.78, 5) is 25.7. The van der Waals surface area contributed by atoms with Crippen LogP contribution in [0, 0.1) is 17.0 Å². The van der Waals surface area contributed by atoms with Crippen molar-refractivity contribution >= 4 is 34.6 Å². The molecule has 0 saturated carbocycles. The average Bonchev–Trinajstić information content (AvgIpc) is 2.60. The van der Waals surface area contributed by atoms with Gasteiger partial charge in [0.05, 0.1) is 9.83 Å². The molecule has 1 aromatic carbocycles. The fraction of sp³-hybridized carbons (Fsp3) is 0.0909. The molecule has 2 rings (SSSR count). The largest absolute Gasteiger partial charge is 0.378 e. The number of benzene rings is 1. The molecule has 0 bridgehead atoms. The predicted octanol–water partition coefficient (Wildman–Crippen LogP) is 1.83. The average molecular weight is 263 g/mol. The first kappa shape index (κ1) is 12.3. The molecule has 92 valence electrons. The number of carbonyl (C=O) groups is 1. The first-order valence-electron chi connectivity index (χ1n) is 5.00. The maximum Gasteiger partial charge on any atom is 0.286 e. The highest BCUT2D eigenvalue weighted by Crippen LogP contribution is 2.28. The van der Waals surface area contributed by atoms with Crippen molar-refractivity contribution in [3.05, 3.63) is 44.3 Å². The lowest BCUT2D eigenvalue weighted by atomic mass is 10.1. The molecule has 6 nitrogen and oxygen atoms in total. The molecular formula is C11H9N3O3S. The fourth-order valence-electron chi connectivity index (χ4n) is 1.49. The Bertz CT molecular complexity index is 608. The minimum absolute atomic E-state index is 0.0219. The number of nitro benzene ring substituents is 1. The van der Waals surface area contributed by atoms with Crippen molar-refractivity contribution in [2.75, 3.05) is 0 Å². The molecule has 1 heterocycles. The molecule has 1 aliphatic heterocycles. The third-order valence-electron chi connectivity index (χ3n) is 2.36. The molecule has 1 amide bonds. The number of amides is 1. The molecule has 0 aliphatic carbocycles. The lowest BCUT2D eigenvalue weighted by Crippen LogP contribution is -2.01. The topological polar surface area (TPSA) is 98.6 Å². The normalized spacial score (nSPS) is 17.1. The summed E-state index contributed by atoms with van der Waals surface area (Å²) in [5.41, 5.74) is 6.59. The summed E-state index contributed by atoms with van der Waals surface area (Å²) >= 11 is 1.06. The number of hydrogen-bond donors (Lipinski definition) is 1. The van der Waals surface area contributed by atoms with E-state index in [1.54, 1.807) is 25.1 Å². The number of nitro groups is 1. The number of aryl methyl sites for hydroxylation is 1. The van der Waals surface area contributed by atoms with Crippen LogP contribution in [0.5, 0.6) is 0 Å². The quantitative estimate of drug-likeness (QED) is 0.498. The SMILES string of the molecule is Cc1ccc(/C=C2/SC(N)=NC2=O)cc1[N+](=O)[O-]. The van der Waals surface area contributed by atoms with Gasteiger partial charge in [-0.25, -0.2) is 0 Å². The van der Waals surface area contributed by atoms with Crippen molar-refractivity contribution in [2.45, 2.75) is 6.92 Å². The van der Waals surface area contributed by atoms with Gasteiger partial charge >= 0.3 is 0 Å². The third kappa shape index (κ3) is 2.40. The number of amidine groups is 1. The van der Waals surface area contributed by atoms with Crippen LogP contribution >= 0.6 is 11.8 Å². The van der Waals surface area contributed by atoms with Gasteiger partial charge in [-0.1, -0.05) is 12.1 Å². The lowest BCUT2D eigenvalue weighted by molar-refractivity contribution is -0.385. The Morgan fingerprint density at radius 1 is 1.50 bits per heavy atom. The minimum Gasteiger partial charge on any atom is -0.378 e. The van der Waals surface area contributed by atoms with Crippen LogP contribution in [0.3, 0.4) is 0 Å². The first-order valence-corrected chi connectivity index (χ1v) is 5.82. The van der Waals surface area contributed by atoms with Gasteiger partial charge in [-0.2, -0.15) is 4.99 Å². The number of nitrogens with two attached hydrogens (primary N) is 1. The molecule has 0 atom stereocenters. The Morgan fingerprint density at radius 3 is 2.78 bits per heavy atom. The van der Waals surface area contributed by atoms with Crippen molar-refractivity contribution < 1.29 is 9.72 Å². The third-order valence-corrected chi connectivity index (χ3v) is 3.18. The fourth-order valence-corrected chi connectivity index (χ4v) is 2.17. The monoisotopic (exact) mass is 263 g/mol. The van der Waals surface area contributed by atoms with Gasteiger partial charge in [0.1, 0.15) is 0 Å². The molecular weight excluding hydrogens is 254 g/mol. The second kappa shape index (κ2) is 4.61. The van der Waals surface area contributed by atoms with Crippen LogP contribution in [0.1, 0.15) is 11.1 Å². The van der Waals surface area contributed by atoms with E-state index in [-0.39, 0.29) is 10.9 Å². The van der Waals surface area contributed by atoms with Crippen LogP contribution in [0.4, 0.5) is 5.69 Å². The molecule has 18 heavy (non-hydrogen) atoms. The molecule has 0 aromatic heterocycles. The zero-order valence-corrected chi connectivity index (χ0v) is 10.2. The van der Waals surface area contributed by atoms with Crippen LogP contribution in [-0.2, 0) is 4.79 Å². The molecule has 0 unspecified atom stereocenters. The zero-order valence-electron chi connectivity index (χ0n) is 9.41. The van der Waals surface area contributed by atoms with Crippen molar-refractivity contribution in [3.63, 3.8) is 0 Å². The highest BCUT2D eigenvalue weighted by Gasteiger charge is 2.20. The Hall–Kier alpha value is -2.15. The Morgan fingerprint density at radius 2 is 2.22 bits per heavy atom. The molecule has 0 radical (unpaired) electrons. The second-order valence-corrected chi connectivity index (χ2v) is 4.73. The Balaban J connectivity index is 2.37. The van der Waals surface area contributed by atoms with E-state index in [4.69, 9.17) is 5.73 Å². The van der Waals surface area contributed by atoms with E-state index >= 15 is 0 Å². The van der Waals surface area contributed by atoms with Gasteiger partial charge in [-0.3, -0.25) is 14.9 Å². The van der Waals surface area contributed by atoms with Crippen LogP contribution < -0.4 is 5.73 Å². The summed E-state index contributed by atoms with van der Waals surface area (Å²) < 4.78 is 0. The van der Waals surface area contributed by atoms with Crippen LogP contribution in [0.25, 0.3) is 6.08 Å². The van der Waals surface area contributed by atoms with Gasteiger partial charge in [-0.05, 0) is 30.3 Å². The van der Waals surface area contributed by atoms with Crippen LogP contribution in [0.15, 0.2) is 28.1 Å². The number of nitrogens with zero attached hydrogens (tertiary/aromatic N) is 2. The highest BCUT2D eigenvalue weighted by atomic mass is 32.2. The Labute approximate surface area is 107 Å². The Kier molecular flexibility index (Phi) is 3.15. The summed E-state index contributed by atoms with van der Waals surface area (Å²) in [6, 6.07) is 4.77. The summed E-state index contributed by atoms with van der Waals surface area (Å²) in [5, 5.41) is 11.0. The number of thioether (sulfide) groups is 1. The van der Waals surface area contributed by atoms with Gasteiger partial charge in [0.25, 0.3) is 11.6 Å². The van der Waals surface area contributed by atoms with E-state index in [1.165, 1.54) is 6.07 Å². The molecule has 7 heteroatoms. The maximum atomic E-state index is 11.4. The van der Waals surface area contributed by atoms with Gasteiger partial charge in [0, 0.05) is 11.6 Å². The highest BCUT2D eigenvalue weighted by molar-refractivity contribution is 8.18. The maximum absolute atomic E-state index is 11.4. The summed E-state index contributed by atoms with van der Waals surface area (Å²) in [6.07, 6.45) is 1.54. The van der Waals surface area contributed by atoms with E-state index in [1.807, 2.05) is 0 Å². The standard InChI is InChI=1S/C11H9N3O3S/c1-6-2-3-7(4-8(6)14(16)17)5-9-10(15)13-11(12)18-9/h2-5H,1H3,(H2,12,13,15)/b9-5+. The van der Waals surface area contributed by atoms with E-state index in [2.05, 4.69) is 4.99 Å². The predicted molar refractivity (Wildman–Crippen MR) is 70.0 cm³/mol. The van der Waals surface area contributed by atoms with Crippen LogP contribution in [-0.4, -0.2) is 16.0 Å².